The maximum absolute atomic E-state index is 13.4. The molecule has 0 atom stereocenters. The van der Waals surface area contributed by atoms with E-state index in [1.54, 1.807) is 35.5 Å². The van der Waals surface area contributed by atoms with Crippen molar-refractivity contribution in [1.29, 1.82) is 0 Å². The van der Waals surface area contributed by atoms with E-state index in [-0.39, 0.29) is 23.8 Å². The Kier molecular flexibility index (Phi) is 9.22. The van der Waals surface area contributed by atoms with Crippen LogP contribution in [-0.2, 0) is 31.4 Å². The summed E-state index contributed by atoms with van der Waals surface area (Å²) in [7, 11) is 5.39. The fraction of sp³-hybridized carbons (Fsp3) is 0.229. The molecule has 0 radical (unpaired) electrons. The Morgan fingerprint density at radius 1 is 1.06 bits per heavy atom. The molecule has 2 N–H and O–H groups in total. The molecule has 13 heteroatoms. The van der Waals surface area contributed by atoms with Gasteiger partial charge in [-0.15, -0.1) is 0 Å². The van der Waals surface area contributed by atoms with E-state index in [4.69, 9.17) is 16.3 Å². The molecule has 2 aromatic heterocycles. The third-order valence-corrected chi connectivity index (χ3v) is 8.86. The Hall–Kier alpha value is -5.55. The van der Waals surface area contributed by atoms with Gasteiger partial charge in [-0.1, -0.05) is 35.9 Å². The number of halogens is 1. The molecule has 0 saturated carbocycles. The number of aromatic nitrogens is 3. The normalized spacial score (nSPS) is 14.0. The zero-order valence-corrected chi connectivity index (χ0v) is 27.6. The van der Waals surface area contributed by atoms with Crippen LogP contribution in [0.25, 0.3) is 11.1 Å². The predicted molar refractivity (Wildman–Crippen MR) is 184 cm³/mol. The number of pyridine rings is 1. The van der Waals surface area contributed by atoms with Crippen LogP contribution in [0.4, 0.5) is 11.4 Å². The molecule has 4 heterocycles. The van der Waals surface area contributed by atoms with Crippen molar-refractivity contribution in [2.45, 2.75) is 26.4 Å². The van der Waals surface area contributed by atoms with Crippen molar-refractivity contribution in [2.75, 3.05) is 31.3 Å². The summed E-state index contributed by atoms with van der Waals surface area (Å²) in [6.45, 7) is 3.76. The third-order valence-electron chi connectivity index (χ3n) is 8.45. The smallest absolute Gasteiger partial charge is 0.291 e. The molecule has 2 aromatic carbocycles. The number of hydrogen-bond donors (Lipinski definition) is 2. The summed E-state index contributed by atoms with van der Waals surface area (Å²) in [4.78, 5) is 54.8. The summed E-state index contributed by atoms with van der Waals surface area (Å²) >= 11 is 6.90. The van der Waals surface area contributed by atoms with Crippen molar-refractivity contribution < 1.29 is 19.1 Å². The molecule has 244 valence electrons. The van der Waals surface area contributed by atoms with Crippen LogP contribution >= 0.6 is 11.6 Å². The van der Waals surface area contributed by atoms with Crippen LogP contribution in [0.15, 0.2) is 71.8 Å². The Labute approximate surface area is 282 Å². The molecule has 2 aliphatic rings. The first-order valence-electron chi connectivity index (χ1n) is 15.2. The molecule has 48 heavy (non-hydrogen) atoms. The van der Waals surface area contributed by atoms with Gasteiger partial charge in [-0.2, -0.15) is 0 Å². The number of imidazole rings is 1. The number of hydrogen-bond acceptors (Lipinski definition) is 9. The molecule has 4 aromatic rings. The first kappa shape index (κ1) is 32.4. The van der Waals surface area contributed by atoms with Crippen molar-refractivity contribution in [1.82, 2.24) is 24.3 Å². The van der Waals surface area contributed by atoms with Gasteiger partial charge >= 0.3 is 0 Å². The average Bonchev–Trinajstić information content (AvgIpc) is 3.42. The first-order valence-corrected chi connectivity index (χ1v) is 15.5. The van der Waals surface area contributed by atoms with Gasteiger partial charge < -0.3 is 29.7 Å². The molecule has 2 amide bonds. The second-order valence-corrected chi connectivity index (χ2v) is 11.9. The standard InChI is InChI=1S/C35H33ClN8O4/c1-21-24(25-8-6-10-27(32(25)36)41-35(47)33-39-29-19-42(2)13-11-30(29)43(33)3)7-5-9-26(21)40-34(46)28-15-31(48-4)22(16-38-28)18-44-14-12-37-17-23(44)20-45/h5-10,12,14-17H,11,13,18-19H2,1-4H3,(H,40,46)(H,41,47). The Balaban J connectivity index is 1.20. The minimum atomic E-state index is -0.436. The highest BCUT2D eigenvalue weighted by atomic mass is 35.5. The van der Waals surface area contributed by atoms with Crippen molar-refractivity contribution in [3.05, 3.63) is 106 Å². The maximum Gasteiger partial charge on any atom is 0.291 e. The number of nitrogens with zero attached hydrogens (tertiary/aromatic N) is 6. The number of nitrogens with one attached hydrogen (secondary N) is 2. The van der Waals surface area contributed by atoms with Crippen LogP contribution in [0.5, 0.6) is 5.75 Å². The molecule has 2 aliphatic heterocycles. The second kappa shape index (κ2) is 13.7. The summed E-state index contributed by atoms with van der Waals surface area (Å²) in [6, 6.07) is 12.5. The number of anilines is 2. The lowest BCUT2D eigenvalue weighted by Crippen LogP contribution is -2.27. The van der Waals surface area contributed by atoms with Gasteiger partial charge in [-0.05, 0) is 37.2 Å². The lowest BCUT2D eigenvalue weighted by atomic mass is 9.98. The number of aliphatic imine (C=N–C) groups is 1. The van der Waals surface area contributed by atoms with E-state index in [1.807, 2.05) is 55.8 Å². The van der Waals surface area contributed by atoms with Crippen molar-refractivity contribution >= 4 is 46.9 Å². The SMILES string of the molecule is COc1cc(C(=O)Nc2cccc(-c3cccc(NC(=O)c4nc5c(n4C)CCN(C)C5)c3Cl)c2C)ncc1CN1C=CN=CC1=C=O. The van der Waals surface area contributed by atoms with E-state index >= 15 is 0 Å². The second-order valence-electron chi connectivity index (χ2n) is 11.5. The Morgan fingerprint density at radius 2 is 1.81 bits per heavy atom. The van der Waals surface area contributed by atoms with Gasteiger partial charge in [0.2, 0.25) is 0 Å². The molecule has 0 aliphatic carbocycles. The monoisotopic (exact) mass is 664 g/mol. The fourth-order valence-electron chi connectivity index (χ4n) is 5.82. The summed E-state index contributed by atoms with van der Waals surface area (Å²) in [5.41, 5.74) is 6.30. The largest absolute Gasteiger partial charge is 0.496 e. The molecule has 0 unspecified atom stereocenters. The average molecular weight is 665 g/mol. The number of carbonyl (C=O) groups excluding carboxylic acids is 3. The summed E-state index contributed by atoms with van der Waals surface area (Å²) in [5.74, 6) is 1.84. The number of methoxy groups -OCH3 is 1. The lowest BCUT2D eigenvalue weighted by molar-refractivity contribution is 0.100. The number of ether oxygens (including phenoxy) is 1. The van der Waals surface area contributed by atoms with Crippen LogP contribution in [-0.4, -0.2) is 69.0 Å². The van der Waals surface area contributed by atoms with E-state index in [1.165, 1.54) is 19.5 Å². The highest BCUT2D eigenvalue weighted by molar-refractivity contribution is 6.36. The zero-order chi connectivity index (χ0) is 33.9. The first-order chi connectivity index (χ1) is 23.2. The van der Waals surface area contributed by atoms with Crippen LogP contribution in [0, 0.1) is 6.92 Å². The lowest BCUT2D eigenvalue weighted by Gasteiger charge is -2.21. The summed E-state index contributed by atoms with van der Waals surface area (Å²) in [6.07, 6.45) is 6.99. The van der Waals surface area contributed by atoms with Gasteiger partial charge in [0.15, 0.2) is 11.8 Å². The minimum absolute atomic E-state index is 0.146. The molecule has 0 bridgehead atoms. The molecular weight excluding hydrogens is 632 g/mol. The van der Waals surface area contributed by atoms with E-state index in [9.17, 15) is 14.4 Å². The van der Waals surface area contributed by atoms with Gasteiger partial charge in [-0.3, -0.25) is 19.6 Å². The third kappa shape index (κ3) is 6.37. The highest BCUT2D eigenvalue weighted by Crippen LogP contribution is 2.38. The van der Waals surface area contributed by atoms with Crippen LogP contribution in [0.1, 0.15) is 43.6 Å². The number of rotatable bonds is 8. The molecule has 6 rings (SSSR count). The number of carbonyl (C=O) groups is 2. The Bertz CT molecular complexity index is 2050. The highest BCUT2D eigenvalue weighted by Gasteiger charge is 2.25. The number of likely N-dealkylation sites (N-methyl/N-ethyl adjacent to an activating group) is 1. The maximum atomic E-state index is 13.4. The van der Waals surface area contributed by atoms with Crippen molar-refractivity contribution in [3.8, 4) is 16.9 Å². The van der Waals surface area contributed by atoms with Gasteiger partial charge in [0.1, 0.15) is 17.1 Å². The molecule has 12 nitrogen and oxygen atoms in total. The predicted octanol–water partition coefficient (Wildman–Crippen LogP) is 5.02. The Morgan fingerprint density at radius 3 is 2.58 bits per heavy atom. The van der Waals surface area contributed by atoms with Gasteiger partial charge in [0, 0.05) is 73.7 Å². The molecule has 0 spiro atoms. The van der Waals surface area contributed by atoms with Crippen molar-refractivity contribution in [2.24, 2.45) is 12.0 Å². The number of amides is 2. The minimum Gasteiger partial charge on any atom is -0.496 e. The van der Waals surface area contributed by atoms with Gasteiger partial charge in [0.05, 0.1) is 36.3 Å². The van der Waals surface area contributed by atoms with Crippen LogP contribution in [0.3, 0.4) is 0 Å². The zero-order valence-electron chi connectivity index (χ0n) is 26.9. The van der Waals surface area contributed by atoms with Gasteiger partial charge in [0.25, 0.3) is 11.8 Å². The molecule has 0 saturated heterocycles. The van der Waals surface area contributed by atoms with E-state index in [0.717, 1.165) is 35.5 Å². The summed E-state index contributed by atoms with van der Waals surface area (Å²) in [5, 5.41) is 6.25. The van der Waals surface area contributed by atoms with E-state index < -0.39 is 5.91 Å². The molecular formula is C35H33ClN8O4. The van der Waals surface area contributed by atoms with Crippen LogP contribution in [0.2, 0.25) is 5.02 Å². The number of benzene rings is 2. The topological polar surface area (TPSA) is 134 Å². The quantitative estimate of drug-likeness (QED) is 0.251. The van der Waals surface area contributed by atoms with Crippen LogP contribution < -0.4 is 15.4 Å². The van der Waals surface area contributed by atoms with Gasteiger partial charge in [-0.25, -0.2) is 9.78 Å². The van der Waals surface area contributed by atoms with Crippen molar-refractivity contribution in [3.63, 3.8) is 0 Å². The number of fused-ring (bicyclic) bond motifs is 1. The molecule has 0 fully saturated rings. The fourth-order valence-corrected chi connectivity index (χ4v) is 6.09. The van der Waals surface area contributed by atoms with E-state index in [0.29, 0.717) is 45.6 Å². The summed E-state index contributed by atoms with van der Waals surface area (Å²) < 4.78 is 7.40. The number of allylic oxidation sites excluding steroid dienone is 1. The van der Waals surface area contributed by atoms with E-state index in [2.05, 4.69) is 30.5 Å².